The number of amides is 2. The molecule has 1 aromatic carbocycles. The van der Waals surface area contributed by atoms with Crippen LogP contribution in [-0.2, 0) is 9.53 Å². The highest BCUT2D eigenvalue weighted by Gasteiger charge is 2.39. The number of halogens is 4. The summed E-state index contributed by atoms with van der Waals surface area (Å²) in [7, 11) is 0. The van der Waals surface area contributed by atoms with Crippen LogP contribution in [0.15, 0.2) is 33.7 Å². The van der Waals surface area contributed by atoms with Gasteiger partial charge in [-0.3, -0.25) is 4.79 Å². The Morgan fingerprint density at radius 1 is 1.43 bits per heavy atom. The number of hydrogen-bond donors (Lipinski definition) is 1. The first-order valence-corrected chi connectivity index (χ1v) is 8.44. The predicted molar refractivity (Wildman–Crippen MR) is 93.3 cm³/mol. The van der Waals surface area contributed by atoms with Crippen LogP contribution < -0.4 is 5.32 Å². The summed E-state index contributed by atoms with van der Waals surface area (Å²) in [4.78, 5) is 27.9. The first kappa shape index (κ1) is 18.5. The zero-order valence-electron chi connectivity index (χ0n) is 11.9. The normalized spacial score (nSPS) is 21.4. The van der Waals surface area contributed by atoms with Crippen LogP contribution in [0.4, 0.5) is 4.79 Å². The Balaban J connectivity index is 2.29. The van der Waals surface area contributed by atoms with Crippen LogP contribution in [0.3, 0.4) is 0 Å². The minimum absolute atomic E-state index is 0.341. The molecular weight excluding hydrogens is 430 g/mol. The second kappa shape index (κ2) is 7.38. The molecule has 1 heterocycles. The number of nitrogens with one attached hydrogen (secondary N) is 1. The molecule has 1 aromatic rings. The maximum absolute atomic E-state index is 12.4. The number of nitrogens with zero attached hydrogens (tertiary/aromatic N) is 1. The molecule has 0 bridgehead atoms. The Labute approximate surface area is 156 Å². The molecule has 2 unspecified atom stereocenters. The lowest BCUT2D eigenvalue weighted by Crippen LogP contribution is -2.44. The Morgan fingerprint density at radius 3 is 2.74 bits per heavy atom. The molecule has 1 N–H and O–H groups in total. The molecule has 0 saturated heterocycles. The number of esters is 1. The zero-order valence-corrected chi connectivity index (χ0v) is 15.7. The van der Waals surface area contributed by atoms with Crippen molar-refractivity contribution >= 4 is 68.4 Å². The molecule has 0 radical (unpaired) electrons. The molecule has 124 valence electrons. The molecule has 0 spiro atoms. The molecule has 0 aliphatic carbocycles. The van der Waals surface area contributed by atoms with Crippen molar-refractivity contribution in [1.82, 2.24) is 5.32 Å². The first-order chi connectivity index (χ1) is 10.7. The van der Waals surface area contributed by atoms with E-state index in [1.54, 1.807) is 25.1 Å². The van der Waals surface area contributed by atoms with E-state index in [0.717, 1.165) is 10.0 Å². The summed E-state index contributed by atoms with van der Waals surface area (Å²) in [6, 6.07) is 6.11. The largest absolute Gasteiger partial charge is 0.461 e. The number of urea groups is 1. The van der Waals surface area contributed by atoms with Crippen LogP contribution in [0.25, 0.3) is 0 Å². The predicted octanol–water partition coefficient (Wildman–Crippen LogP) is 4.20. The average Bonchev–Trinajstić information content (AvgIpc) is 2.43. The SMILES string of the molecule is CC1=NC(=O)NC(c2cccc(Br)c2)C1C(=O)OCC(Cl)(Cl)Cl. The maximum atomic E-state index is 12.4. The van der Waals surface area contributed by atoms with E-state index in [0.29, 0.717) is 5.71 Å². The quantitative estimate of drug-likeness (QED) is 0.563. The number of carbonyl (C=O) groups is 2. The number of carbonyl (C=O) groups excluding carboxylic acids is 2. The van der Waals surface area contributed by atoms with Crippen LogP contribution in [-0.4, -0.2) is 28.1 Å². The molecule has 5 nitrogen and oxygen atoms in total. The molecule has 23 heavy (non-hydrogen) atoms. The molecule has 0 aromatic heterocycles. The van der Waals surface area contributed by atoms with Crippen LogP contribution in [0.1, 0.15) is 18.5 Å². The fourth-order valence-corrected chi connectivity index (χ4v) is 2.83. The van der Waals surface area contributed by atoms with Crippen molar-refractivity contribution in [3.63, 3.8) is 0 Å². The standard InChI is InChI=1S/C14H12BrCl3N2O3/c1-7-10(12(21)23-6-14(16,17)18)11(20-13(22)19-7)8-3-2-4-9(15)5-8/h2-5,10-11H,6H2,1H3,(H,20,22). The highest BCUT2D eigenvalue weighted by molar-refractivity contribution is 9.10. The number of benzene rings is 1. The summed E-state index contributed by atoms with van der Waals surface area (Å²) in [5.74, 6) is -1.42. The Hall–Kier alpha value is -0.820. The van der Waals surface area contributed by atoms with Crippen molar-refractivity contribution in [3.8, 4) is 0 Å². The third kappa shape index (κ3) is 5.08. The van der Waals surface area contributed by atoms with E-state index in [2.05, 4.69) is 26.2 Å². The number of hydrogen-bond acceptors (Lipinski definition) is 3. The Morgan fingerprint density at radius 2 is 2.13 bits per heavy atom. The van der Waals surface area contributed by atoms with E-state index in [9.17, 15) is 9.59 Å². The van der Waals surface area contributed by atoms with Gasteiger partial charge in [0.2, 0.25) is 3.79 Å². The lowest BCUT2D eigenvalue weighted by Gasteiger charge is -2.30. The van der Waals surface area contributed by atoms with E-state index >= 15 is 0 Å². The van der Waals surface area contributed by atoms with Gasteiger partial charge in [0.1, 0.15) is 12.5 Å². The number of rotatable bonds is 3. The summed E-state index contributed by atoms with van der Waals surface area (Å²) >= 11 is 20.2. The molecule has 2 rings (SSSR count). The topological polar surface area (TPSA) is 67.8 Å². The maximum Gasteiger partial charge on any atom is 0.341 e. The van der Waals surface area contributed by atoms with Crippen molar-refractivity contribution in [2.75, 3.05) is 6.61 Å². The van der Waals surface area contributed by atoms with E-state index < -0.39 is 27.8 Å². The molecule has 0 saturated carbocycles. The van der Waals surface area contributed by atoms with Gasteiger partial charge in [0, 0.05) is 10.2 Å². The summed E-state index contributed by atoms with van der Waals surface area (Å²) in [6.45, 7) is 1.20. The van der Waals surface area contributed by atoms with Gasteiger partial charge in [0.05, 0.1) is 6.04 Å². The van der Waals surface area contributed by atoms with E-state index in [4.69, 9.17) is 39.5 Å². The molecule has 0 fully saturated rings. The zero-order chi connectivity index (χ0) is 17.2. The Bertz CT molecular complexity index is 661. The van der Waals surface area contributed by atoms with Gasteiger partial charge in [-0.1, -0.05) is 62.9 Å². The third-order valence-electron chi connectivity index (χ3n) is 3.18. The van der Waals surface area contributed by atoms with Crippen molar-refractivity contribution in [2.45, 2.75) is 16.8 Å². The van der Waals surface area contributed by atoms with Crippen LogP contribution in [0.5, 0.6) is 0 Å². The van der Waals surface area contributed by atoms with Gasteiger partial charge in [0.25, 0.3) is 0 Å². The minimum atomic E-state index is -1.70. The summed E-state index contributed by atoms with van der Waals surface area (Å²) < 4.78 is 4.17. The summed E-state index contributed by atoms with van der Waals surface area (Å²) in [5.41, 5.74) is 1.07. The Kier molecular flexibility index (Phi) is 5.94. The fourth-order valence-electron chi connectivity index (χ4n) is 2.24. The minimum Gasteiger partial charge on any atom is -0.461 e. The summed E-state index contributed by atoms with van der Waals surface area (Å²) in [5, 5.41) is 2.67. The van der Waals surface area contributed by atoms with Crippen LogP contribution in [0, 0.1) is 5.92 Å². The molecule has 1 aliphatic rings. The first-order valence-electron chi connectivity index (χ1n) is 6.52. The van der Waals surface area contributed by atoms with Crippen molar-refractivity contribution in [2.24, 2.45) is 10.9 Å². The lowest BCUT2D eigenvalue weighted by atomic mass is 9.88. The number of ether oxygens (including phenoxy) is 1. The number of aliphatic imine (C=N–C) groups is 1. The molecular formula is C14H12BrCl3N2O3. The third-order valence-corrected chi connectivity index (χ3v) is 4.00. The van der Waals surface area contributed by atoms with Gasteiger partial charge < -0.3 is 10.1 Å². The van der Waals surface area contributed by atoms with Gasteiger partial charge in [0.15, 0.2) is 0 Å². The van der Waals surface area contributed by atoms with E-state index in [-0.39, 0.29) is 6.61 Å². The molecule has 1 aliphatic heterocycles. The van der Waals surface area contributed by atoms with Gasteiger partial charge in [-0.15, -0.1) is 0 Å². The van der Waals surface area contributed by atoms with Gasteiger partial charge in [-0.05, 0) is 24.6 Å². The molecule has 9 heteroatoms. The van der Waals surface area contributed by atoms with Crippen molar-refractivity contribution in [1.29, 1.82) is 0 Å². The monoisotopic (exact) mass is 440 g/mol. The number of alkyl halides is 3. The van der Waals surface area contributed by atoms with E-state index in [1.807, 2.05) is 6.07 Å². The second-order valence-electron chi connectivity index (χ2n) is 4.94. The van der Waals surface area contributed by atoms with Crippen LogP contribution in [0.2, 0.25) is 0 Å². The fraction of sp³-hybridized carbons (Fsp3) is 0.357. The molecule has 2 amide bonds. The lowest BCUT2D eigenvalue weighted by molar-refractivity contribution is -0.146. The average molecular weight is 443 g/mol. The molecule has 2 atom stereocenters. The second-order valence-corrected chi connectivity index (χ2v) is 8.37. The van der Waals surface area contributed by atoms with Gasteiger partial charge >= 0.3 is 12.0 Å². The van der Waals surface area contributed by atoms with Crippen LogP contribution >= 0.6 is 50.7 Å². The van der Waals surface area contributed by atoms with Gasteiger partial charge in [-0.25, -0.2) is 9.79 Å². The highest BCUT2D eigenvalue weighted by atomic mass is 79.9. The highest BCUT2D eigenvalue weighted by Crippen LogP contribution is 2.31. The van der Waals surface area contributed by atoms with Crippen molar-refractivity contribution < 1.29 is 14.3 Å². The summed E-state index contributed by atoms with van der Waals surface area (Å²) in [6.07, 6.45) is 0. The van der Waals surface area contributed by atoms with E-state index in [1.165, 1.54) is 0 Å². The smallest absolute Gasteiger partial charge is 0.341 e. The van der Waals surface area contributed by atoms with Gasteiger partial charge in [-0.2, -0.15) is 0 Å². The van der Waals surface area contributed by atoms with Crippen molar-refractivity contribution in [3.05, 3.63) is 34.3 Å².